The van der Waals surface area contributed by atoms with Crippen molar-refractivity contribution >= 4 is 82.1 Å². The van der Waals surface area contributed by atoms with Crippen molar-refractivity contribution in [1.29, 1.82) is 0 Å². The molecule has 9 aromatic carbocycles. The highest BCUT2D eigenvalue weighted by molar-refractivity contribution is 7.21. The minimum Gasteiger partial charge on any atom is -0.456 e. The quantitative estimate of drug-likeness (QED) is 0.171. The molecule has 0 fully saturated rings. The maximum Gasteiger partial charge on any atom is 0.137 e. The summed E-state index contributed by atoms with van der Waals surface area (Å²) in [4.78, 5) is 7.57. The first-order valence-electron chi connectivity index (χ1n) is 18.5. The lowest BCUT2D eigenvalue weighted by atomic mass is 9.97. The van der Waals surface area contributed by atoms with Crippen molar-refractivity contribution in [3.8, 4) is 32.8 Å². The molecule has 0 amide bonds. The Balaban J connectivity index is 1.08. The first-order chi connectivity index (χ1) is 27.2. The summed E-state index contributed by atoms with van der Waals surface area (Å²) in [5, 5.41) is 8.00. The van der Waals surface area contributed by atoms with Gasteiger partial charge in [0.15, 0.2) is 0 Å². The van der Waals surface area contributed by atoms with E-state index in [2.05, 4.69) is 199 Å². The van der Waals surface area contributed by atoms with E-state index in [4.69, 9.17) is 9.40 Å². The number of anilines is 3. The number of hydrogen-bond donors (Lipinski definition) is 0. The summed E-state index contributed by atoms with van der Waals surface area (Å²) in [6.07, 6.45) is 0. The van der Waals surface area contributed by atoms with E-state index in [1.54, 1.807) is 11.3 Å². The SMILES string of the molecule is c1ccc(-c2cccc(N(c3cccc(-c4cccc5ccccc45)c3)c3ccc4c(c3)oc3cccc(-c5nc6c(ccc7ccccc76)s5)c34)c2)cc1. The molecule has 0 bridgehead atoms. The Bertz CT molecular complexity index is 3230. The predicted octanol–water partition coefficient (Wildman–Crippen LogP) is 15.0. The molecule has 0 saturated heterocycles. The van der Waals surface area contributed by atoms with E-state index in [9.17, 15) is 0 Å². The Hall–Kier alpha value is -7.01. The Morgan fingerprint density at radius 3 is 1.91 bits per heavy atom. The summed E-state index contributed by atoms with van der Waals surface area (Å²) in [5.41, 5.74) is 11.7. The van der Waals surface area contributed by atoms with Crippen molar-refractivity contribution in [2.75, 3.05) is 4.90 Å². The van der Waals surface area contributed by atoms with Crippen molar-refractivity contribution in [1.82, 2.24) is 4.98 Å². The van der Waals surface area contributed by atoms with Crippen LogP contribution in [0.5, 0.6) is 0 Å². The van der Waals surface area contributed by atoms with E-state index in [1.165, 1.54) is 37.4 Å². The summed E-state index contributed by atoms with van der Waals surface area (Å²) < 4.78 is 7.89. The number of fused-ring (bicyclic) bond motifs is 7. The number of furan rings is 1. The molecule has 2 heterocycles. The van der Waals surface area contributed by atoms with Crippen LogP contribution in [-0.2, 0) is 0 Å². The number of aromatic nitrogens is 1. The molecule has 0 radical (unpaired) electrons. The van der Waals surface area contributed by atoms with Crippen molar-refractivity contribution in [2.45, 2.75) is 0 Å². The molecule has 0 saturated carbocycles. The Morgan fingerprint density at radius 1 is 0.418 bits per heavy atom. The van der Waals surface area contributed by atoms with Crippen LogP contribution in [-0.4, -0.2) is 4.98 Å². The summed E-state index contributed by atoms with van der Waals surface area (Å²) in [6, 6.07) is 69.1. The third kappa shape index (κ3) is 5.38. The predicted molar refractivity (Wildman–Crippen MR) is 233 cm³/mol. The summed E-state index contributed by atoms with van der Waals surface area (Å²) in [7, 11) is 0. The second-order valence-corrected chi connectivity index (χ2v) is 15.0. The summed E-state index contributed by atoms with van der Waals surface area (Å²) in [5.74, 6) is 0. The molecule has 258 valence electrons. The lowest BCUT2D eigenvalue weighted by Gasteiger charge is -2.26. The highest BCUT2D eigenvalue weighted by Crippen LogP contribution is 2.44. The van der Waals surface area contributed by atoms with Crippen LogP contribution in [0.2, 0.25) is 0 Å². The van der Waals surface area contributed by atoms with Gasteiger partial charge in [0.05, 0.1) is 10.2 Å². The summed E-state index contributed by atoms with van der Waals surface area (Å²) >= 11 is 1.73. The molecule has 0 aliphatic heterocycles. The van der Waals surface area contributed by atoms with Gasteiger partial charge < -0.3 is 9.32 Å². The molecule has 0 aliphatic carbocycles. The van der Waals surface area contributed by atoms with Gasteiger partial charge in [-0.05, 0) is 86.9 Å². The molecule has 0 unspecified atom stereocenters. The van der Waals surface area contributed by atoms with Gasteiger partial charge in [-0.2, -0.15) is 0 Å². The zero-order valence-corrected chi connectivity index (χ0v) is 30.5. The smallest absolute Gasteiger partial charge is 0.137 e. The maximum atomic E-state index is 6.71. The van der Waals surface area contributed by atoms with Gasteiger partial charge in [0, 0.05) is 44.9 Å². The highest BCUT2D eigenvalue weighted by Gasteiger charge is 2.20. The van der Waals surface area contributed by atoms with Gasteiger partial charge in [-0.15, -0.1) is 11.3 Å². The van der Waals surface area contributed by atoms with Gasteiger partial charge in [0.25, 0.3) is 0 Å². The summed E-state index contributed by atoms with van der Waals surface area (Å²) in [6.45, 7) is 0. The standard InChI is InChI=1S/C51H32N2OS/c1-2-12-33(13-3-1)36-17-8-19-38(30-36)53(39-20-9-18-37(31-39)42-23-10-16-34-14-4-6-21-41(34)42)40-27-28-44-47(32-40)54-46-25-11-24-45(49(44)46)51-52-50-43-22-7-5-15-35(43)26-29-48(50)55-51/h1-32H. The normalized spacial score (nSPS) is 11.6. The molecular formula is C51H32N2OS. The Morgan fingerprint density at radius 2 is 1.05 bits per heavy atom. The van der Waals surface area contributed by atoms with Crippen LogP contribution in [0.25, 0.3) is 86.5 Å². The molecule has 2 aromatic heterocycles. The van der Waals surface area contributed by atoms with Crippen LogP contribution in [0.1, 0.15) is 0 Å². The van der Waals surface area contributed by atoms with Gasteiger partial charge in [-0.3, -0.25) is 0 Å². The monoisotopic (exact) mass is 720 g/mol. The lowest BCUT2D eigenvalue weighted by Crippen LogP contribution is -2.10. The van der Waals surface area contributed by atoms with Crippen LogP contribution in [0.4, 0.5) is 17.1 Å². The maximum absolute atomic E-state index is 6.71. The largest absolute Gasteiger partial charge is 0.456 e. The molecule has 0 spiro atoms. The van der Waals surface area contributed by atoms with E-state index < -0.39 is 0 Å². The minimum atomic E-state index is 0.834. The fraction of sp³-hybridized carbons (Fsp3) is 0. The molecule has 3 nitrogen and oxygen atoms in total. The Labute approximate surface area is 322 Å². The van der Waals surface area contributed by atoms with E-state index in [-0.39, 0.29) is 0 Å². The average Bonchev–Trinajstić information content (AvgIpc) is 3.86. The van der Waals surface area contributed by atoms with E-state index in [0.717, 1.165) is 66.2 Å². The van der Waals surface area contributed by atoms with Crippen LogP contribution in [0, 0.1) is 0 Å². The topological polar surface area (TPSA) is 29.3 Å². The van der Waals surface area contributed by atoms with Crippen molar-refractivity contribution in [3.05, 3.63) is 194 Å². The lowest BCUT2D eigenvalue weighted by molar-refractivity contribution is 0.669. The van der Waals surface area contributed by atoms with Gasteiger partial charge in [-0.25, -0.2) is 4.98 Å². The molecule has 0 atom stereocenters. The molecule has 4 heteroatoms. The van der Waals surface area contributed by atoms with Crippen LogP contribution >= 0.6 is 11.3 Å². The average molecular weight is 721 g/mol. The first-order valence-corrected chi connectivity index (χ1v) is 19.3. The van der Waals surface area contributed by atoms with E-state index >= 15 is 0 Å². The first kappa shape index (κ1) is 31.5. The number of benzene rings is 9. The number of thiazole rings is 1. The highest BCUT2D eigenvalue weighted by atomic mass is 32.1. The Kier molecular flexibility index (Phi) is 7.35. The molecule has 0 N–H and O–H groups in total. The fourth-order valence-electron chi connectivity index (χ4n) is 8.10. The molecular weight excluding hydrogens is 689 g/mol. The zero-order valence-electron chi connectivity index (χ0n) is 29.7. The van der Waals surface area contributed by atoms with E-state index in [0.29, 0.717) is 0 Å². The minimum absolute atomic E-state index is 0.834. The van der Waals surface area contributed by atoms with E-state index in [1.807, 2.05) is 0 Å². The van der Waals surface area contributed by atoms with Crippen LogP contribution in [0.15, 0.2) is 199 Å². The van der Waals surface area contributed by atoms with Crippen molar-refractivity contribution in [2.24, 2.45) is 0 Å². The van der Waals surface area contributed by atoms with Crippen LogP contribution in [0.3, 0.4) is 0 Å². The second kappa shape index (κ2) is 12.8. The van der Waals surface area contributed by atoms with Crippen molar-refractivity contribution < 1.29 is 4.42 Å². The third-order valence-corrected chi connectivity index (χ3v) is 11.7. The van der Waals surface area contributed by atoms with Gasteiger partial charge in [-0.1, -0.05) is 140 Å². The number of nitrogens with zero attached hydrogens (tertiary/aromatic N) is 2. The van der Waals surface area contributed by atoms with Crippen molar-refractivity contribution in [3.63, 3.8) is 0 Å². The third-order valence-electron chi connectivity index (χ3n) is 10.7. The van der Waals surface area contributed by atoms with Gasteiger partial charge in [0.2, 0.25) is 0 Å². The number of hydrogen-bond acceptors (Lipinski definition) is 4. The molecule has 11 rings (SSSR count). The zero-order chi connectivity index (χ0) is 36.3. The fourth-order valence-corrected chi connectivity index (χ4v) is 9.11. The van der Waals surface area contributed by atoms with Gasteiger partial charge in [0.1, 0.15) is 16.2 Å². The second-order valence-electron chi connectivity index (χ2n) is 13.9. The van der Waals surface area contributed by atoms with Gasteiger partial charge >= 0.3 is 0 Å². The molecule has 55 heavy (non-hydrogen) atoms. The molecule has 0 aliphatic rings. The number of rotatable bonds is 6. The van der Waals surface area contributed by atoms with Crippen LogP contribution < -0.4 is 4.90 Å². The molecule has 11 aromatic rings.